The van der Waals surface area contributed by atoms with E-state index < -0.39 is 6.29 Å². The highest BCUT2D eigenvalue weighted by molar-refractivity contribution is 5.33. The van der Waals surface area contributed by atoms with Gasteiger partial charge in [-0.3, -0.25) is 0 Å². The fourth-order valence-electron chi connectivity index (χ4n) is 1.23. The molecule has 0 unspecified atom stereocenters. The molecule has 12 heavy (non-hydrogen) atoms. The number of aliphatic hydroxyl groups is 2. The van der Waals surface area contributed by atoms with Gasteiger partial charge in [-0.15, -0.1) is 0 Å². The van der Waals surface area contributed by atoms with E-state index in [9.17, 15) is 0 Å². The molecule has 2 N–H and O–H groups in total. The second-order valence-electron chi connectivity index (χ2n) is 3.04. The van der Waals surface area contributed by atoms with E-state index in [0.29, 0.717) is 6.42 Å². The van der Waals surface area contributed by atoms with Gasteiger partial charge in [-0.2, -0.15) is 0 Å². The van der Waals surface area contributed by atoms with Gasteiger partial charge in [-0.05, 0) is 30.5 Å². The van der Waals surface area contributed by atoms with Crippen LogP contribution in [0.25, 0.3) is 0 Å². The molecule has 66 valence electrons. The third-order valence-corrected chi connectivity index (χ3v) is 2.12. The summed E-state index contributed by atoms with van der Waals surface area (Å²) >= 11 is 0. The van der Waals surface area contributed by atoms with Gasteiger partial charge in [0.05, 0.1) is 0 Å². The number of aliphatic hydroxyl groups excluding tert-OH is 1. The fourth-order valence-corrected chi connectivity index (χ4v) is 1.23. The Labute approximate surface area is 72.5 Å². The molecule has 2 nitrogen and oxygen atoms in total. The molecule has 0 saturated carbocycles. The fraction of sp³-hybridized carbons (Fsp3) is 0.400. The van der Waals surface area contributed by atoms with Crippen LogP contribution < -0.4 is 0 Å². The Balaban J connectivity index is 2.92. The minimum atomic E-state index is -1.24. The Bertz CT molecular complexity index is 267. The maximum atomic E-state index is 8.78. The normalized spacial score (nSPS) is 10.8. The second kappa shape index (κ2) is 3.70. The summed E-state index contributed by atoms with van der Waals surface area (Å²) in [6, 6.07) is 5.87. The smallest absolute Gasteiger partial charge is 0.155 e. The SMILES string of the molecule is Cc1cccc(CC(O)O)c1C. The van der Waals surface area contributed by atoms with E-state index in [-0.39, 0.29) is 0 Å². The molecule has 1 rings (SSSR count). The van der Waals surface area contributed by atoms with Crippen LogP contribution in [0.15, 0.2) is 18.2 Å². The van der Waals surface area contributed by atoms with E-state index in [4.69, 9.17) is 10.2 Å². The first-order valence-electron chi connectivity index (χ1n) is 4.02. The molecule has 1 aromatic rings. The van der Waals surface area contributed by atoms with Gasteiger partial charge in [0.1, 0.15) is 0 Å². The van der Waals surface area contributed by atoms with E-state index >= 15 is 0 Å². The summed E-state index contributed by atoms with van der Waals surface area (Å²) in [5.74, 6) is 0. The highest BCUT2D eigenvalue weighted by atomic mass is 16.5. The zero-order chi connectivity index (χ0) is 9.14. The van der Waals surface area contributed by atoms with Gasteiger partial charge in [-0.1, -0.05) is 18.2 Å². The van der Waals surface area contributed by atoms with Crippen LogP contribution in [0.3, 0.4) is 0 Å². The zero-order valence-electron chi connectivity index (χ0n) is 7.41. The quantitative estimate of drug-likeness (QED) is 0.647. The number of rotatable bonds is 2. The first-order valence-corrected chi connectivity index (χ1v) is 4.02. The van der Waals surface area contributed by atoms with Crippen LogP contribution in [-0.4, -0.2) is 16.5 Å². The molecule has 0 aliphatic heterocycles. The molecule has 0 aliphatic carbocycles. The van der Waals surface area contributed by atoms with Crippen molar-refractivity contribution in [1.29, 1.82) is 0 Å². The number of hydrogen-bond acceptors (Lipinski definition) is 2. The van der Waals surface area contributed by atoms with Gasteiger partial charge in [0.2, 0.25) is 0 Å². The lowest BCUT2D eigenvalue weighted by atomic mass is 10.0. The maximum Gasteiger partial charge on any atom is 0.155 e. The van der Waals surface area contributed by atoms with Crippen LogP contribution in [0, 0.1) is 13.8 Å². The van der Waals surface area contributed by atoms with Crippen molar-refractivity contribution in [3.8, 4) is 0 Å². The van der Waals surface area contributed by atoms with Crippen molar-refractivity contribution >= 4 is 0 Å². The van der Waals surface area contributed by atoms with E-state index in [0.717, 1.165) is 11.1 Å². The highest BCUT2D eigenvalue weighted by Gasteiger charge is 2.04. The maximum absolute atomic E-state index is 8.78. The average Bonchev–Trinajstić information content (AvgIpc) is 1.98. The van der Waals surface area contributed by atoms with Crippen molar-refractivity contribution in [3.63, 3.8) is 0 Å². The predicted octanol–water partition coefficient (Wildman–Crippen LogP) is 1.16. The van der Waals surface area contributed by atoms with E-state index in [2.05, 4.69) is 0 Å². The van der Waals surface area contributed by atoms with Gasteiger partial charge in [0.15, 0.2) is 6.29 Å². The van der Waals surface area contributed by atoms with E-state index in [1.54, 1.807) is 0 Å². The minimum absolute atomic E-state index is 0.313. The Hall–Kier alpha value is -0.860. The molecule has 2 heteroatoms. The number of hydrogen-bond donors (Lipinski definition) is 2. The van der Waals surface area contributed by atoms with Crippen LogP contribution >= 0.6 is 0 Å². The van der Waals surface area contributed by atoms with Gasteiger partial charge in [0, 0.05) is 6.42 Å². The zero-order valence-corrected chi connectivity index (χ0v) is 7.41. The Morgan fingerprint density at radius 3 is 2.50 bits per heavy atom. The Kier molecular flexibility index (Phi) is 2.84. The molecule has 0 amide bonds. The summed E-state index contributed by atoms with van der Waals surface area (Å²) < 4.78 is 0. The predicted molar refractivity (Wildman–Crippen MR) is 47.8 cm³/mol. The molecule has 0 atom stereocenters. The van der Waals surface area contributed by atoms with E-state index in [1.165, 1.54) is 5.56 Å². The third kappa shape index (κ3) is 2.06. The van der Waals surface area contributed by atoms with Crippen LogP contribution in [0.5, 0.6) is 0 Å². The highest BCUT2D eigenvalue weighted by Crippen LogP contribution is 2.13. The lowest BCUT2D eigenvalue weighted by Crippen LogP contribution is -2.09. The minimum Gasteiger partial charge on any atom is -0.368 e. The van der Waals surface area contributed by atoms with Crippen molar-refractivity contribution in [1.82, 2.24) is 0 Å². The molecule has 0 bridgehead atoms. The summed E-state index contributed by atoms with van der Waals surface area (Å²) in [5.41, 5.74) is 3.34. The topological polar surface area (TPSA) is 40.5 Å². The van der Waals surface area contributed by atoms with Gasteiger partial charge < -0.3 is 10.2 Å². The molecular formula is C10H14O2. The van der Waals surface area contributed by atoms with Crippen LogP contribution in [-0.2, 0) is 6.42 Å². The van der Waals surface area contributed by atoms with Gasteiger partial charge in [0.25, 0.3) is 0 Å². The average molecular weight is 166 g/mol. The van der Waals surface area contributed by atoms with Crippen LogP contribution in [0.2, 0.25) is 0 Å². The molecule has 0 radical (unpaired) electrons. The number of aryl methyl sites for hydroxylation is 1. The number of benzene rings is 1. The summed E-state index contributed by atoms with van der Waals surface area (Å²) in [4.78, 5) is 0. The Morgan fingerprint density at radius 2 is 1.92 bits per heavy atom. The lowest BCUT2D eigenvalue weighted by molar-refractivity contribution is -0.0382. The molecular weight excluding hydrogens is 152 g/mol. The second-order valence-corrected chi connectivity index (χ2v) is 3.04. The molecule has 0 aliphatic rings. The monoisotopic (exact) mass is 166 g/mol. The van der Waals surface area contributed by atoms with Gasteiger partial charge in [-0.25, -0.2) is 0 Å². The van der Waals surface area contributed by atoms with Crippen LogP contribution in [0.1, 0.15) is 16.7 Å². The van der Waals surface area contributed by atoms with Crippen molar-refractivity contribution in [3.05, 3.63) is 34.9 Å². The third-order valence-electron chi connectivity index (χ3n) is 2.12. The molecule has 0 fully saturated rings. The molecule has 0 spiro atoms. The van der Waals surface area contributed by atoms with Crippen LogP contribution in [0.4, 0.5) is 0 Å². The first kappa shape index (κ1) is 9.23. The first-order chi connectivity index (χ1) is 5.61. The molecule has 1 aromatic carbocycles. The molecule has 0 aromatic heterocycles. The lowest BCUT2D eigenvalue weighted by Gasteiger charge is -2.08. The summed E-state index contributed by atoms with van der Waals surface area (Å²) in [6.45, 7) is 4.01. The van der Waals surface area contributed by atoms with Gasteiger partial charge >= 0.3 is 0 Å². The summed E-state index contributed by atoms with van der Waals surface area (Å²) in [7, 11) is 0. The largest absolute Gasteiger partial charge is 0.368 e. The summed E-state index contributed by atoms with van der Waals surface area (Å²) in [5, 5.41) is 17.6. The summed E-state index contributed by atoms with van der Waals surface area (Å²) in [6.07, 6.45) is -0.932. The molecule has 0 saturated heterocycles. The van der Waals surface area contributed by atoms with Crippen molar-refractivity contribution in [2.24, 2.45) is 0 Å². The van der Waals surface area contributed by atoms with Crippen molar-refractivity contribution < 1.29 is 10.2 Å². The van der Waals surface area contributed by atoms with Crippen molar-refractivity contribution in [2.45, 2.75) is 26.6 Å². The standard InChI is InChI=1S/C10H14O2/c1-7-4-3-5-9(8(7)2)6-10(11)12/h3-5,10-12H,6H2,1-2H3. The Morgan fingerprint density at radius 1 is 1.25 bits per heavy atom. The van der Waals surface area contributed by atoms with Crippen molar-refractivity contribution in [2.75, 3.05) is 0 Å². The van der Waals surface area contributed by atoms with E-state index in [1.807, 2.05) is 32.0 Å². The molecule has 0 heterocycles.